The average Bonchev–Trinajstić information content (AvgIpc) is 2.34. The van der Waals surface area contributed by atoms with E-state index in [2.05, 4.69) is 22.3 Å². The monoisotopic (exact) mass is 250 g/mol. The lowest BCUT2D eigenvalue weighted by atomic mass is 10.1. The summed E-state index contributed by atoms with van der Waals surface area (Å²) >= 11 is 0. The summed E-state index contributed by atoms with van der Waals surface area (Å²) in [6.45, 7) is 2.84. The van der Waals surface area contributed by atoms with E-state index in [1.165, 1.54) is 12.7 Å². The Balaban J connectivity index is 2.74. The summed E-state index contributed by atoms with van der Waals surface area (Å²) in [6.07, 6.45) is 0.699. The number of benzene rings is 1. The van der Waals surface area contributed by atoms with E-state index in [9.17, 15) is 4.79 Å². The van der Waals surface area contributed by atoms with Crippen LogP contribution in [0.4, 0.5) is 5.69 Å². The molecule has 0 amide bonds. The van der Waals surface area contributed by atoms with Crippen LogP contribution in [0.1, 0.15) is 18.9 Å². The number of nitrogens with one attached hydrogen (secondary N) is 1. The van der Waals surface area contributed by atoms with E-state index in [-0.39, 0.29) is 12.0 Å². The van der Waals surface area contributed by atoms with Crippen molar-refractivity contribution in [2.45, 2.75) is 25.9 Å². The van der Waals surface area contributed by atoms with E-state index in [4.69, 9.17) is 4.74 Å². The molecule has 1 rings (SSSR count). The number of ether oxygens (including phenoxy) is 1. The average molecular weight is 250 g/mol. The van der Waals surface area contributed by atoms with Crippen LogP contribution < -0.4 is 5.32 Å². The Morgan fingerprint density at radius 2 is 2.17 bits per heavy atom. The largest absolute Gasteiger partial charge is 0.467 e. The Hall–Kier alpha value is -1.55. The van der Waals surface area contributed by atoms with Crippen molar-refractivity contribution < 1.29 is 9.53 Å². The van der Waals surface area contributed by atoms with E-state index < -0.39 is 0 Å². The molecular weight excluding hydrogens is 228 g/mol. The first-order valence-corrected chi connectivity index (χ1v) is 6.14. The molecule has 0 aliphatic heterocycles. The van der Waals surface area contributed by atoms with E-state index in [0.29, 0.717) is 6.42 Å². The van der Waals surface area contributed by atoms with Gasteiger partial charge in [-0.3, -0.25) is 0 Å². The van der Waals surface area contributed by atoms with Crippen molar-refractivity contribution in [3.63, 3.8) is 0 Å². The van der Waals surface area contributed by atoms with Gasteiger partial charge in [0.25, 0.3) is 0 Å². The lowest BCUT2D eigenvalue weighted by Crippen LogP contribution is -2.29. The Morgan fingerprint density at radius 1 is 1.44 bits per heavy atom. The number of esters is 1. The summed E-state index contributed by atoms with van der Waals surface area (Å²) in [4.78, 5) is 13.6. The van der Waals surface area contributed by atoms with Gasteiger partial charge in [0, 0.05) is 12.2 Å². The number of carbonyl (C=O) groups excluding carboxylic acids is 1. The lowest BCUT2D eigenvalue weighted by Gasteiger charge is -2.17. The molecule has 0 fully saturated rings. The quantitative estimate of drug-likeness (QED) is 0.785. The first kappa shape index (κ1) is 14.5. The van der Waals surface area contributed by atoms with Crippen LogP contribution in [0.2, 0.25) is 0 Å². The van der Waals surface area contributed by atoms with Crippen molar-refractivity contribution in [1.82, 2.24) is 4.90 Å². The predicted molar refractivity (Wildman–Crippen MR) is 73.6 cm³/mol. The Kier molecular flexibility index (Phi) is 5.65. The molecule has 1 unspecified atom stereocenters. The summed E-state index contributed by atoms with van der Waals surface area (Å²) in [5.41, 5.74) is 2.16. The summed E-state index contributed by atoms with van der Waals surface area (Å²) in [7, 11) is 5.47. The van der Waals surface area contributed by atoms with Gasteiger partial charge in [0.05, 0.1) is 7.11 Å². The van der Waals surface area contributed by atoms with Crippen LogP contribution in [-0.2, 0) is 16.1 Å². The highest BCUT2D eigenvalue weighted by molar-refractivity contribution is 5.79. The fourth-order valence-electron chi connectivity index (χ4n) is 1.80. The maximum Gasteiger partial charge on any atom is 0.328 e. The van der Waals surface area contributed by atoms with Crippen LogP contribution in [0.3, 0.4) is 0 Å². The fraction of sp³-hybridized carbons (Fsp3) is 0.500. The third-order valence-corrected chi connectivity index (χ3v) is 2.66. The summed E-state index contributed by atoms with van der Waals surface area (Å²) in [5.74, 6) is -0.226. The molecule has 0 bridgehead atoms. The Bertz CT molecular complexity index is 391. The molecule has 0 radical (unpaired) electrons. The van der Waals surface area contributed by atoms with Gasteiger partial charge in [-0.15, -0.1) is 0 Å². The minimum atomic E-state index is -0.287. The molecule has 100 valence electrons. The molecule has 0 heterocycles. The molecule has 1 N–H and O–H groups in total. The lowest BCUT2D eigenvalue weighted by molar-refractivity contribution is -0.141. The molecule has 0 aliphatic carbocycles. The molecule has 18 heavy (non-hydrogen) atoms. The van der Waals surface area contributed by atoms with Gasteiger partial charge in [-0.2, -0.15) is 0 Å². The Morgan fingerprint density at radius 3 is 2.72 bits per heavy atom. The van der Waals surface area contributed by atoms with Crippen molar-refractivity contribution in [1.29, 1.82) is 0 Å². The number of nitrogens with zero attached hydrogens (tertiary/aromatic N) is 1. The van der Waals surface area contributed by atoms with Crippen LogP contribution >= 0.6 is 0 Å². The molecule has 4 nitrogen and oxygen atoms in total. The second-order valence-electron chi connectivity index (χ2n) is 4.57. The minimum Gasteiger partial charge on any atom is -0.467 e. The van der Waals surface area contributed by atoms with Gasteiger partial charge in [-0.05, 0) is 38.2 Å². The third kappa shape index (κ3) is 4.37. The molecule has 1 aromatic rings. The van der Waals surface area contributed by atoms with Crippen molar-refractivity contribution in [2.75, 3.05) is 26.5 Å². The molecule has 1 aromatic carbocycles. The molecule has 1 atom stereocenters. The first-order valence-electron chi connectivity index (χ1n) is 6.14. The zero-order valence-electron chi connectivity index (χ0n) is 11.6. The second-order valence-corrected chi connectivity index (χ2v) is 4.57. The zero-order valence-corrected chi connectivity index (χ0v) is 11.6. The van der Waals surface area contributed by atoms with Crippen molar-refractivity contribution in [3.05, 3.63) is 29.8 Å². The fourth-order valence-corrected chi connectivity index (χ4v) is 1.80. The number of rotatable bonds is 6. The van der Waals surface area contributed by atoms with Gasteiger partial charge >= 0.3 is 5.97 Å². The standard InChI is InChI=1S/C14H22N2O2/c1-5-13(14(17)18-4)15-12-8-6-7-11(9-12)10-16(2)3/h6-9,13,15H,5,10H2,1-4H3. The van der Waals surface area contributed by atoms with Crippen LogP contribution in [0.25, 0.3) is 0 Å². The van der Waals surface area contributed by atoms with Crippen molar-refractivity contribution >= 4 is 11.7 Å². The summed E-state index contributed by atoms with van der Waals surface area (Å²) in [5, 5.41) is 3.20. The Labute approximate surface area is 109 Å². The SMILES string of the molecule is CCC(Nc1cccc(CN(C)C)c1)C(=O)OC. The highest BCUT2D eigenvalue weighted by atomic mass is 16.5. The number of methoxy groups -OCH3 is 1. The topological polar surface area (TPSA) is 41.6 Å². The van der Waals surface area contributed by atoms with Gasteiger partial charge in [-0.25, -0.2) is 4.79 Å². The van der Waals surface area contributed by atoms with Crippen LogP contribution in [0.5, 0.6) is 0 Å². The van der Waals surface area contributed by atoms with E-state index >= 15 is 0 Å². The maximum absolute atomic E-state index is 11.5. The smallest absolute Gasteiger partial charge is 0.328 e. The first-order chi connectivity index (χ1) is 8.56. The molecule has 0 spiro atoms. The van der Waals surface area contributed by atoms with Crippen LogP contribution in [-0.4, -0.2) is 38.1 Å². The van der Waals surface area contributed by atoms with Crippen molar-refractivity contribution in [3.8, 4) is 0 Å². The zero-order chi connectivity index (χ0) is 13.5. The predicted octanol–water partition coefficient (Wildman–Crippen LogP) is 2.11. The van der Waals surface area contributed by atoms with Gasteiger partial charge in [-0.1, -0.05) is 19.1 Å². The van der Waals surface area contributed by atoms with Gasteiger partial charge in [0.15, 0.2) is 0 Å². The van der Waals surface area contributed by atoms with Gasteiger partial charge in [0.2, 0.25) is 0 Å². The molecular formula is C14H22N2O2. The highest BCUT2D eigenvalue weighted by Crippen LogP contribution is 2.14. The van der Waals surface area contributed by atoms with Crippen molar-refractivity contribution in [2.24, 2.45) is 0 Å². The maximum atomic E-state index is 11.5. The van der Waals surface area contributed by atoms with E-state index in [0.717, 1.165) is 12.2 Å². The summed E-state index contributed by atoms with van der Waals surface area (Å²) < 4.78 is 4.76. The van der Waals surface area contributed by atoms with E-state index in [1.54, 1.807) is 0 Å². The van der Waals surface area contributed by atoms with Gasteiger partial charge < -0.3 is 15.0 Å². The molecule has 0 saturated heterocycles. The van der Waals surface area contributed by atoms with E-state index in [1.807, 2.05) is 33.2 Å². The van der Waals surface area contributed by atoms with Crippen LogP contribution in [0, 0.1) is 0 Å². The third-order valence-electron chi connectivity index (χ3n) is 2.66. The minimum absolute atomic E-state index is 0.226. The van der Waals surface area contributed by atoms with Crippen LogP contribution in [0.15, 0.2) is 24.3 Å². The summed E-state index contributed by atoms with van der Waals surface area (Å²) in [6, 6.07) is 7.80. The number of hydrogen-bond donors (Lipinski definition) is 1. The molecule has 0 aromatic heterocycles. The number of carbonyl (C=O) groups is 1. The number of hydrogen-bond acceptors (Lipinski definition) is 4. The molecule has 4 heteroatoms. The molecule has 0 saturated carbocycles. The highest BCUT2D eigenvalue weighted by Gasteiger charge is 2.16. The molecule has 0 aliphatic rings. The second kappa shape index (κ2) is 7.01. The number of anilines is 1. The normalized spacial score (nSPS) is 12.3. The van der Waals surface area contributed by atoms with Gasteiger partial charge in [0.1, 0.15) is 6.04 Å².